The Hall–Kier alpha value is -1.14. The van der Waals surface area contributed by atoms with E-state index < -0.39 is 6.03 Å². The maximum Gasteiger partial charge on any atom is 0.318 e. The van der Waals surface area contributed by atoms with Gasteiger partial charge in [-0.25, -0.2) is 4.79 Å². The second-order valence-corrected chi connectivity index (χ2v) is 5.31. The van der Waals surface area contributed by atoms with Crippen molar-refractivity contribution in [2.45, 2.75) is 31.7 Å². The van der Waals surface area contributed by atoms with Gasteiger partial charge in [0, 0.05) is 19.1 Å². The minimum Gasteiger partial charge on any atom is -0.351 e. The Kier molecular flexibility index (Phi) is 4.54. The predicted octanol–water partition coefficient (Wildman–Crippen LogP) is -0.355. The minimum absolute atomic E-state index is 0.262. The van der Waals surface area contributed by atoms with Gasteiger partial charge in [0.05, 0.1) is 6.54 Å². The maximum atomic E-state index is 11.4. The first-order valence-corrected chi connectivity index (χ1v) is 6.68. The number of primary amides is 1. The van der Waals surface area contributed by atoms with Crippen LogP contribution in [0.25, 0.3) is 0 Å². The highest BCUT2D eigenvalue weighted by atomic mass is 16.2. The zero-order chi connectivity index (χ0) is 13.0. The third-order valence-corrected chi connectivity index (χ3v) is 3.61. The molecule has 0 atom stereocenters. The maximum absolute atomic E-state index is 11.4. The number of piperidine rings is 1. The zero-order valence-electron chi connectivity index (χ0n) is 10.7. The molecule has 0 radical (unpaired) electrons. The molecule has 1 aliphatic carbocycles. The normalized spacial score (nSPS) is 21.8. The number of hydrogen-bond acceptors (Lipinski definition) is 4. The van der Waals surface area contributed by atoms with Gasteiger partial charge in [0.2, 0.25) is 5.91 Å². The molecular weight excluding hydrogens is 232 g/mol. The van der Waals surface area contributed by atoms with Gasteiger partial charge < -0.3 is 11.1 Å². The molecule has 1 saturated carbocycles. The SMILES string of the molecule is NC(=O)NC(=O)CN1CCC(NCC2CC2)CC1. The van der Waals surface area contributed by atoms with Crippen molar-refractivity contribution in [1.29, 1.82) is 0 Å². The number of carbonyl (C=O) groups excluding carboxylic acids is 2. The molecule has 6 nitrogen and oxygen atoms in total. The van der Waals surface area contributed by atoms with Crippen molar-refractivity contribution < 1.29 is 9.59 Å². The van der Waals surface area contributed by atoms with E-state index in [2.05, 4.69) is 15.5 Å². The summed E-state index contributed by atoms with van der Waals surface area (Å²) in [5.74, 6) is 0.594. The molecular formula is C12H22N4O2. The fourth-order valence-electron chi connectivity index (χ4n) is 2.33. The average molecular weight is 254 g/mol. The number of carbonyl (C=O) groups is 2. The molecule has 0 aromatic carbocycles. The van der Waals surface area contributed by atoms with Crippen molar-refractivity contribution in [2.75, 3.05) is 26.2 Å². The van der Waals surface area contributed by atoms with Crippen molar-refractivity contribution in [3.05, 3.63) is 0 Å². The topological polar surface area (TPSA) is 87.5 Å². The number of hydrogen-bond donors (Lipinski definition) is 3. The number of amides is 3. The van der Waals surface area contributed by atoms with Crippen LogP contribution in [0.5, 0.6) is 0 Å². The highest BCUT2D eigenvalue weighted by Gasteiger charge is 2.24. The van der Waals surface area contributed by atoms with Crippen molar-refractivity contribution in [3.63, 3.8) is 0 Å². The number of nitrogens with zero attached hydrogens (tertiary/aromatic N) is 1. The van der Waals surface area contributed by atoms with Gasteiger partial charge >= 0.3 is 6.03 Å². The van der Waals surface area contributed by atoms with Gasteiger partial charge in [0.25, 0.3) is 0 Å². The van der Waals surface area contributed by atoms with Crippen LogP contribution in [0, 0.1) is 5.92 Å². The molecule has 2 fully saturated rings. The second kappa shape index (κ2) is 6.15. The van der Waals surface area contributed by atoms with Gasteiger partial charge in [-0.05, 0) is 38.1 Å². The van der Waals surface area contributed by atoms with Crippen LogP contribution in [0.15, 0.2) is 0 Å². The third kappa shape index (κ3) is 4.62. The molecule has 6 heteroatoms. The number of imide groups is 1. The van der Waals surface area contributed by atoms with E-state index in [4.69, 9.17) is 5.73 Å². The number of urea groups is 1. The molecule has 1 saturated heterocycles. The number of likely N-dealkylation sites (tertiary alicyclic amines) is 1. The van der Waals surface area contributed by atoms with E-state index in [0.29, 0.717) is 6.04 Å². The Bertz CT molecular complexity index is 309. The van der Waals surface area contributed by atoms with Crippen LogP contribution in [-0.4, -0.2) is 49.1 Å². The summed E-state index contributed by atoms with van der Waals surface area (Å²) in [4.78, 5) is 23.9. The van der Waals surface area contributed by atoms with Crippen molar-refractivity contribution in [3.8, 4) is 0 Å². The molecule has 2 aliphatic rings. The first-order valence-electron chi connectivity index (χ1n) is 6.68. The quantitative estimate of drug-likeness (QED) is 0.625. The summed E-state index contributed by atoms with van der Waals surface area (Å²) in [5, 5.41) is 5.68. The Morgan fingerprint density at radius 2 is 1.83 bits per heavy atom. The Morgan fingerprint density at radius 3 is 2.39 bits per heavy atom. The number of rotatable bonds is 5. The lowest BCUT2D eigenvalue weighted by molar-refractivity contribution is -0.121. The highest BCUT2D eigenvalue weighted by Crippen LogP contribution is 2.28. The molecule has 102 valence electrons. The van der Waals surface area contributed by atoms with Gasteiger partial charge in [0.1, 0.15) is 0 Å². The molecule has 3 amide bonds. The van der Waals surface area contributed by atoms with Gasteiger partial charge in [-0.1, -0.05) is 0 Å². The van der Waals surface area contributed by atoms with Gasteiger partial charge in [-0.3, -0.25) is 15.0 Å². The van der Waals surface area contributed by atoms with Crippen LogP contribution in [0.2, 0.25) is 0 Å². The van der Waals surface area contributed by atoms with Crippen molar-refractivity contribution in [2.24, 2.45) is 11.7 Å². The summed E-state index contributed by atoms with van der Waals surface area (Å²) in [6.45, 7) is 3.20. The fraction of sp³-hybridized carbons (Fsp3) is 0.833. The molecule has 1 aliphatic heterocycles. The standard InChI is InChI=1S/C12H22N4O2/c13-12(18)15-11(17)8-16-5-3-10(4-6-16)14-7-9-1-2-9/h9-10,14H,1-8H2,(H3,13,15,17,18). The lowest BCUT2D eigenvalue weighted by Crippen LogP contribution is -2.47. The average Bonchev–Trinajstić information content (AvgIpc) is 3.11. The van der Waals surface area contributed by atoms with Crippen LogP contribution in [0.3, 0.4) is 0 Å². The van der Waals surface area contributed by atoms with E-state index in [1.165, 1.54) is 12.8 Å². The van der Waals surface area contributed by atoms with E-state index in [-0.39, 0.29) is 12.5 Å². The first-order chi connectivity index (χ1) is 8.63. The Labute approximate surface area is 107 Å². The van der Waals surface area contributed by atoms with Crippen LogP contribution >= 0.6 is 0 Å². The highest BCUT2D eigenvalue weighted by molar-refractivity contribution is 5.94. The Balaban J connectivity index is 1.60. The summed E-state index contributed by atoms with van der Waals surface area (Å²) < 4.78 is 0. The van der Waals surface area contributed by atoms with Crippen LogP contribution < -0.4 is 16.4 Å². The summed E-state index contributed by atoms with van der Waals surface area (Å²) in [6, 6.07) is -0.193. The van der Waals surface area contributed by atoms with E-state index >= 15 is 0 Å². The summed E-state index contributed by atoms with van der Waals surface area (Å²) in [5.41, 5.74) is 4.89. The summed E-state index contributed by atoms with van der Waals surface area (Å²) in [6.07, 6.45) is 4.88. The molecule has 0 unspecified atom stereocenters. The summed E-state index contributed by atoms with van der Waals surface area (Å²) >= 11 is 0. The molecule has 4 N–H and O–H groups in total. The molecule has 0 aromatic heterocycles. The lowest BCUT2D eigenvalue weighted by atomic mass is 10.0. The molecule has 18 heavy (non-hydrogen) atoms. The summed E-state index contributed by atoms with van der Waals surface area (Å²) in [7, 11) is 0. The monoisotopic (exact) mass is 254 g/mol. The van der Waals surface area contributed by atoms with Crippen LogP contribution in [0.4, 0.5) is 4.79 Å². The molecule has 2 rings (SSSR count). The number of nitrogens with one attached hydrogen (secondary N) is 2. The molecule has 0 aromatic rings. The second-order valence-electron chi connectivity index (χ2n) is 5.31. The van der Waals surface area contributed by atoms with E-state index in [1.807, 2.05) is 0 Å². The number of nitrogens with two attached hydrogens (primary N) is 1. The molecule has 0 spiro atoms. The van der Waals surface area contributed by atoms with Crippen LogP contribution in [-0.2, 0) is 4.79 Å². The van der Waals surface area contributed by atoms with Crippen molar-refractivity contribution >= 4 is 11.9 Å². The van der Waals surface area contributed by atoms with Crippen molar-refractivity contribution in [1.82, 2.24) is 15.5 Å². The molecule has 1 heterocycles. The Morgan fingerprint density at radius 1 is 1.17 bits per heavy atom. The van der Waals surface area contributed by atoms with Gasteiger partial charge in [-0.15, -0.1) is 0 Å². The van der Waals surface area contributed by atoms with Gasteiger partial charge in [-0.2, -0.15) is 0 Å². The predicted molar refractivity (Wildman–Crippen MR) is 67.9 cm³/mol. The lowest BCUT2D eigenvalue weighted by Gasteiger charge is -2.31. The van der Waals surface area contributed by atoms with Crippen LogP contribution in [0.1, 0.15) is 25.7 Å². The van der Waals surface area contributed by atoms with Gasteiger partial charge in [0.15, 0.2) is 0 Å². The molecule has 0 bridgehead atoms. The smallest absolute Gasteiger partial charge is 0.318 e. The van der Waals surface area contributed by atoms with E-state index in [9.17, 15) is 9.59 Å². The minimum atomic E-state index is -0.777. The fourth-order valence-corrected chi connectivity index (χ4v) is 2.33. The third-order valence-electron chi connectivity index (χ3n) is 3.61. The first kappa shape index (κ1) is 13.3. The van der Waals surface area contributed by atoms with E-state index in [1.54, 1.807) is 0 Å². The largest absolute Gasteiger partial charge is 0.351 e. The zero-order valence-corrected chi connectivity index (χ0v) is 10.7. The van der Waals surface area contributed by atoms with E-state index in [0.717, 1.165) is 38.4 Å².